The minimum atomic E-state index is 0.276. The molecule has 1 aliphatic rings. The molecule has 1 fully saturated rings. The van der Waals surface area contributed by atoms with E-state index in [0.717, 1.165) is 11.8 Å². The maximum absolute atomic E-state index is 6.15. The Bertz CT molecular complexity index is 309. The van der Waals surface area contributed by atoms with Gasteiger partial charge in [0.15, 0.2) is 0 Å². The largest absolute Gasteiger partial charge is 0.324 e. The van der Waals surface area contributed by atoms with E-state index >= 15 is 0 Å². The minimum Gasteiger partial charge on any atom is -0.324 e. The summed E-state index contributed by atoms with van der Waals surface area (Å²) in [7, 11) is 0. The molecule has 1 unspecified atom stereocenters. The molecular formula is C14H21N. The number of benzene rings is 1. The highest BCUT2D eigenvalue weighted by molar-refractivity contribution is 5.26. The Morgan fingerprint density at radius 1 is 1.20 bits per heavy atom. The van der Waals surface area contributed by atoms with E-state index in [9.17, 15) is 0 Å². The van der Waals surface area contributed by atoms with Gasteiger partial charge in [-0.1, -0.05) is 38.1 Å². The molecule has 0 heterocycles. The lowest BCUT2D eigenvalue weighted by molar-refractivity contribution is 0.629. The summed E-state index contributed by atoms with van der Waals surface area (Å²) in [6, 6.07) is 9.16. The second-order valence-corrected chi connectivity index (χ2v) is 5.20. The van der Waals surface area contributed by atoms with E-state index in [2.05, 4.69) is 38.1 Å². The van der Waals surface area contributed by atoms with Gasteiger partial charge in [0.25, 0.3) is 0 Å². The average molecular weight is 203 g/mol. The summed E-state index contributed by atoms with van der Waals surface area (Å²) in [6.45, 7) is 4.51. The van der Waals surface area contributed by atoms with Gasteiger partial charge in [-0.2, -0.15) is 0 Å². The highest BCUT2D eigenvalue weighted by atomic mass is 14.7. The van der Waals surface area contributed by atoms with Crippen LogP contribution in [0.15, 0.2) is 24.3 Å². The van der Waals surface area contributed by atoms with Gasteiger partial charge in [0.2, 0.25) is 0 Å². The predicted molar refractivity (Wildman–Crippen MR) is 64.6 cm³/mol. The topological polar surface area (TPSA) is 26.0 Å². The quantitative estimate of drug-likeness (QED) is 0.798. The van der Waals surface area contributed by atoms with E-state index in [4.69, 9.17) is 5.73 Å². The van der Waals surface area contributed by atoms with Crippen molar-refractivity contribution in [3.05, 3.63) is 35.4 Å². The molecule has 1 heteroatoms. The monoisotopic (exact) mass is 203 g/mol. The van der Waals surface area contributed by atoms with Crippen molar-refractivity contribution in [3.63, 3.8) is 0 Å². The Kier molecular flexibility index (Phi) is 3.11. The molecule has 0 saturated heterocycles. The lowest BCUT2D eigenvalue weighted by Gasteiger charge is -2.12. The molecule has 2 N–H and O–H groups in total. The first-order chi connectivity index (χ1) is 7.16. The Balaban J connectivity index is 2.02. The molecule has 15 heavy (non-hydrogen) atoms. The van der Waals surface area contributed by atoms with Crippen LogP contribution in [-0.4, -0.2) is 0 Å². The van der Waals surface area contributed by atoms with E-state index in [-0.39, 0.29) is 6.04 Å². The molecule has 1 nitrogen and oxygen atoms in total. The molecule has 82 valence electrons. The van der Waals surface area contributed by atoms with Crippen molar-refractivity contribution >= 4 is 0 Å². The normalized spacial score (nSPS) is 18.1. The third kappa shape index (κ3) is 2.82. The Labute approximate surface area is 92.7 Å². The Morgan fingerprint density at radius 2 is 1.80 bits per heavy atom. The van der Waals surface area contributed by atoms with Crippen LogP contribution in [0.5, 0.6) is 0 Å². The summed E-state index contributed by atoms with van der Waals surface area (Å²) in [4.78, 5) is 0. The number of hydrogen-bond acceptors (Lipinski definition) is 1. The highest BCUT2D eigenvalue weighted by Gasteiger charge is 2.29. The first kappa shape index (κ1) is 10.7. The zero-order chi connectivity index (χ0) is 10.8. The van der Waals surface area contributed by atoms with E-state index in [1.54, 1.807) is 0 Å². The third-order valence-corrected chi connectivity index (χ3v) is 3.14. The van der Waals surface area contributed by atoms with Crippen LogP contribution in [0.2, 0.25) is 0 Å². The van der Waals surface area contributed by atoms with Gasteiger partial charge in [0, 0.05) is 6.04 Å². The van der Waals surface area contributed by atoms with Crippen molar-refractivity contribution in [2.45, 2.75) is 39.2 Å². The molecule has 1 aromatic rings. The summed E-state index contributed by atoms with van der Waals surface area (Å²) in [5, 5.41) is 0. The van der Waals surface area contributed by atoms with Crippen LogP contribution < -0.4 is 5.73 Å². The van der Waals surface area contributed by atoms with Gasteiger partial charge in [-0.15, -0.1) is 0 Å². The standard InChI is InChI=1S/C14H21N/c1-10(2)9-11-3-5-12(6-4-11)14(15)13-7-8-13/h3-6,10,13-14H,7-9,15H2,1-2H3. The smallest absolute Gasteiger partial charge is 0.0323 e. The van der Waals surface area contributed by atoms with E-state index in [1.807, 2.05) is 0 Å². The summed E-state index contributed by atoms with van der Waals surface area (Å²) >= 11 is 0. The van der Waals surface area contributed by atoms with Crippen LogP contribution in [0, 0.1) is 11.8 Å². The van der Waals surface area contributed by atoms with Crippen LogP contribution in [0.3, 0.4) is 0 Å². The van der Waals surface area contributed by atoms with Crippen molar-refractivity contribution in [1.29, 1.82) is 0 Å². The minimum absolute atomic E-state index is 0.276. The maximum atomic E-state index is 6.15. The summed E-state index contributed by atoms with van der Waals surface area (Å²) in [5.74, 6) is 1.48. The van der Waals surface area contributed by atoms with Crippen molar-refractivity contribution < 1.29 is 0 Å². The third-order valence-electron chi connectivity index (χ3n) is 3.14. The predicted octanol–water partition coefficient (Wildman–Crippen LogP) is 3.29. The summed E-state index contributed by atoms with van der Waals surface area (Å²) < 4.78 is 0. The fraction of sp³-hybridized carbons (Fsp3) is 0.571. The molecule has 2 rings (SSSR count). The average Bonchev–Trinajstić information content (AvgIpc) is 3.00. The SMILES string of the molecule is CC(C)Cc1ccc(C(N)C2CC2)cc1. The summed E-state index contributed by atoms with van der Waals surface area (Å²) in [6.07, 6.45) is 3.79. The van der Waals surface area contributed by atoms with E-state index in [0.29, 0.717) is 0 Å². The fourth-order valence-corrected chi connectivity index (χ4v) is 2.07. The molecule has 1 atom stereocenters. The van der Waals surface area contributed by atoms with E-state index in [1.165, 1.54) is 30.4 Å². The van der Waals surface area contributed by atoms with Gasteiger partial charge in [0.1, 0.15) is 0 Å². The molecule has 1 saturated carbocycles. The highest BCUT2D eigenvalue weighted by Crippen LogP contribution is 2.39. The van der Waals surface area contributed by atoms with Gasteiger partial charge in [-0.3, -0.25) is 0 Å². The lowest BCUT2D eigenvalue weighted by atomic mass is 9.98. The first-order valence-corrected chi connectivity index (χ1v) is 6.01. The van der Waals surface area contributed by atoms with Crippen LogP contribution in [-0.2, 0) is 6.42 Å². The molecule has 0 bridgehead atoms. The molecular weight excluding hydrogens is 182 g/mol. The van der Waals surface area contributed by atoms with Crippen LogP contribution in [0.1, 0.15) is 43.9 Å². The van der Waals surface area contributed by atoms with Gasteiger partial charge in [0.05, 0.1) is 0 Å². The van der Waals surface area contributed by atoms with Gasteiger partial charge >= 0.3 is 0 Å². The number of hydrogen-bond donors (Lipinski definition) is 1. The molecule has 1 aromatic carbocycles. The van der Waals surface area contributed by atoms with Crippen molar-refractivity contribution in [1.82, 2.24) is 0 Å². The fourth-order valence-electron chi connectivity index (χ4n) is 2.07. The van der Waals surface area contributed by atoms with Gasteiger partial charge in [-0.25, -0.2) is 0 Å². The molecule has 0 amide bonds. The number of nitrogens with two attached hydrogens (primary N) is 1. The van der Waals surface area contributed by atoms with Crippen LogP contribution in [0.25, 0.3) is 0 Å². The molecule has 0 spiro atoms. The number of rotatable bonds is 4. The lowest BCUT2D eigenvalue weighted by Crippen LogP contribution is -2.12. The molecule has 0 aliphatic heterocycles. The van der Waals surface area contributed by atoms with Crippen molar-refractivity contribution in [2.75, 3.05) is 0 Å². The van der Waals surface area contributed by atoms with Crippen molar-refractivity contribution in [2.24, 2.45) is 17.6 Å². The maximum Gasteiger partial charge on any atom is 0.0323 e. The van der Waals surface area contributed by atoms with Crippen LogP contribution >= 0.6 is 0 Å². The zero-order valence-electron chi connectivity index (χ0n) is 9.74. The van der Waals surface area contributed by atoms with Crippen molar-refractivity contribution in [3.8, 4) is 0 Å². The van der Waals surface area contributed by atoms with Gasteiger partial charge in [-0.05, 0) is 42.2 Å². The first-order valence-electron chi connectivity index (χ1n) is 6.01. The summed E-state index contributed by atoms with van der Waals surface area (Å²) in [5.41, 5.74) is 8.89. The Hall–Kier alpha value is -0.820. The van der Waals surface area contributed by atoms with E-state index < -0.39 is 0 Å². The van der Waals surface area contributed by atoms with Crippen LogP contribution in [0.4, 0.5) is 0 Å². The zero-order valence-corrected chi connectivity index (χ0v) is 9.74. The molecule has 0 aromatic heterocycles. The second-order valence-electron chi connectivity index (χ2n) is 5.20. The second kappa shape index (κ2) is 4.36. The molecule has 0 radical (unpaired) electrons. The van der Waals surface area contributed by atoms with Gasteiger partial charge < -0.3 is 5.73 Å². The Morgan fingerprint density at radius 3 is 2.27 bits per heavy atom. The molecule has 1 aliphatic carbocycles.